The average Bonchev–Trinajstić information content (AvgIpc) is 3.96. The van der Waals surface area contributed by atoms with E-state index in [-0.39, 0.29) is 0 Å². The van der Waals surface area contributed by atoms with Crippen molar-refractivity contribution in [3.05, 3.63) is 188 Å². The molecule has 0 saturated carbocycles. The number of rotatable bonds is 5. The van der Waals surface area contributed by atoms with E-state index in [2.05, 4.69) is 193 Å². The summed E-state index contributed by atoms with van der Waals surface area (Å²) in [6, 6.07) is 68.4. The third-order valence-corrected chi connectivity index (χ3v) is 13.7. The van der Waals surface area contributed by atoms with Gasteiger partial charge in [-0.1, -0.05) is 133 Å². The van der Waals surface area contributed by atoms with E-state index in [0.29, 0.717) is 0 Å². The first-order valence-electron chi connectivity index (χ1n) is 18.9. The summed E-state index contributed by atoms with van der Waals surface area (Å²) in [6.45, 7) is 0. The van der Waals surface area contributed by atoms with Crippen molar-refractivity contribution in [3.63, 3.8) is 0 Å². The lowest BCUT2D eigenvalue weighted by atomic mass is 9.98. The Morgan fingerprint density at radius 1 is 0.375 bits per heavy atom. The van der Waals surface area contributed by atoms with Gasteiger partial charge in [0.15, 0.2) is 0 Å². The van der Waals surface area contributed by atoms with E-state index in [1.165, 1.54) is 68.1 Å². The van der Waals surface area contributed by atoms with Crippen molar-refractivity contribution in [2.45, 2.75) is 0 Å². The molecule has 0 radical (unpaired) electrons. The maximum Gasteiger partial charge on any atom is 0.143 e. The van der Waals surface area contributed by atoms with Crippen molar-refractivity contribution < 1.29 is 4.42 Å². The number of hydrogen-bond acceptors (Lipinski definition) is 4. The van der Waals surface area contributed by atoms with Crippen LogP contribution in [0, 0.1) is 0 Å². The van der Waals surface area contributed by atoms with Crippen LogP contribution in [-0.4, -0.2) is 0 Å². The molecule has 2 nitrogen and oxygen atoms in total. The van der Waals surface area contributed by atoms with Crippen molar-refractivity contribution in [1.29, 1.82) is 0 Å². The SMILES string of the molecule is c1ccc2c(c1)ccc1c2oc2cccc(-c3ccc(N(c4ccc(-c5cccc6c5sc5ccccc56)cc4)c4cccc5c4sc4ccccc45)cc3)c21. The van der Waals surface area contributed by atoms with E-state index in [0.717, 1.165) is 44.3 Å². The van der Waals surface area contributed by atoms with E-state index in [1.807, 2.05) is 22.7 Å². The Bertz CT molecular complexity index is 3480. The van der Waals surface area contributed by atoms with Crippen LogP contribution in [0.2, 0.25) is 0 Å². The Hall–Kier alpha value is -6.72. The van der Waals surface area contributed by atoms with Crippen LogP contribution in [0.25, 0.3) is 95.3 Å². The zero-order chi connectivity index (χ0) is 36.7. The molecule has 0 spiro atoms. The second kappa shape index (κ2) is 12.4. The van der Waals surface area contributed by atoms with Gasteiger partial charge in [-0.15, -0.1) is 22.7 Å². The molecule has 12 rings (SSSR count). The van der Waals surface area contributed by atoms with Crippen LogP contribution in [0.5, 0.6) is 0 Å². The van der Waals surface area contributed by atoms with E-state index < -0.39 is 0 Å². The molecule has 0 amide bonds. The molecule has 9 aromatic carbocycles. The summed E-state index contributed by atoms with van der Waals surface area (Å²) < 4.78 is 11.8. The molecule has 0 fully saturated rings. The highest BCUT2D eigenvalue weighted by Crippen LogP contribution is 2.47. The van der Waals surface area contributed by atoms with E-state index in [1.54, 1.807) is 0 Å². The first kappa shape index (κ1) is 31.6. The molecule has 262 valence electrons. The lowest BCUT2D eigenvalue weighted by Crippen LogP contribution is -2.10. The predicted molar refractivity (Wildman–Crippen MR) is 243 cm³/mol. The topological polar surface area (TPSA) is 16.4 Å². The first-order valence-corrected chi connectivity index (χ1v) is 20.5. The van der Waals surface area contributed by atoms with Crippen molar-refractivity contribution >= 4 is 113 Å². The minimum absolute atomic E-state index is 0.905. The molecule has 0 saturated heterocycles. The van der Waals surface area contributed by atoms with Gasteiger partial charge in [0.2, 0.25) is 0 Å². The molecule has 12 aromatic rings. The van der Waals surface area contributed by atoms with Gasteiger partial charge in [0.25, 0.3) is 0 Å². The Morgan fingerprint density at radius 2 is 0.929 bits per heavy atom. The molecule has 3 aromatic heterocycles. The maximum atomic E-state index is 6.55. The van der Waals surface area contributed by atoms with Crippen molar-refractivity contribution in [3.8, 4) is 22.3 Å². The van der Waals surface area contributed by atoms with Crippen molar-refractivity contribution in [1.82, 2.24) is 0 Å². The normalized spacial score (nSPS) is 11.9. The highest BCUT2D eigenvalue weighted by Gasteiger charge is 2.20. The summed E-state index contributed by atoms with van der Waals surface area (Å²) in [5.74, 6) is 0. The van der Waals surface area contributed by atoms with Gasteiger partial charge < -0.3 is 9.32 Å². The van der Waals surface area contributed by atoms with Crippen LogP contribution in [-0.2, 0) is 0 Å². The number of thiophene rings is 2. The zero-order valence-electron chi connectivity index (χ0n) is 30.1. The van der Waals surface area contributed by atoms with Gasteiger partial charge in [0, 0.05) is 63.2 Å². The minimum Gasteiger partial charge on any atom is -0.455 e. The van der Waals surface area contributed by atoms with Gasteiger partial charge in [0.05, 0.1) is 10.4 Å². The molecule has 0 atom stereocenters. The number of fused-ring (bicyclic) bond motifs is 11. The Kier molecular flexibility index (Phi) is 7.00. The van der Waals surface area contributed by atoms with Crippen LogP contribution in [0.1, 0.15) is 0 Å². The summed E-state index contributed by atoms with van der Waals surface area (Å²) in [6.07, 6.45) is 0. The fourth-order valence-corrected chi connectivity index (χ4v) is 11.1. The molecule has 0 aliphatic heterocycles. The third kappa shape index (κ3) is 4.80. The highest BCUT2D eigenvalue weighted by molar-refractivity contribution is 7.26. The van der Waals surface area contributed by atoms with Crippen LogP contribution in [0.4, 0.5) is 17.1 Å². The molecular weight excluding hydrogens is 719 g/mol. The molecule has 4 heteroatoms. The molecular formula is C52H31NOS2. The molecule has 3 heterocycles. The molecule has 0 aliphatic carbocycles. The highest BCUT2D eigenvalue weighted by atomic mass is 32.1. The number of benzene rings is 9. The Balaban J connectivity index is 1.01. The summed E-state index contributed by atoms with van der Waals surface area (Å²) in [5, 5.41) is 9.83. The van der Waals surface area contributed by atoms with Gasteiger partial charge >= 0.3 is 0 Å². The van der Waals surface area contributed by atoms with E-state index >= 15 is 0 Å². The minimum atomic E-state index is 0.905. The molecule has 0 N–H and O–H groups in total. The second-order valence-corrected chi connectivity index (χ2v) is 16.5. The Labute approximate surface area is 330 Å². The van der Waals surface area contributed by atoms with Crippen LogP contribution >= 0.6 is 22.7 Å². The lowest BCUT2D eigenvalue weighted by molar-refractivity contribution is 0.673. The number of furan rings is 1. The summed E-state index contributed by atoms with van der Waals surface area (Å²) in [4.78, 5) is 2.42. The standard InChI is InChI=1S/C52H31NOS2/c1-2-11-38-32(10-1)26-31-44-49-37(14-9-19-46(49)54-50(38)44)33-22-27-35(28-23-33)53(45-18-8-17-43-41-13-4-6-21-48(41)56-52(43)45)36-29-24-34(25-30-36)39-15-7-16-42-40-12-3-5-20-47(40)55-51(39)42/h1-31H. The molecule has 0 aliphatic rings. The quantitative estimate of drug-likeness (QED) is 0.174. The summed E-state index contributed by atoms with van der Waals surface area (Å²) >= 11 is 3.74. The van der Waals surface area contributed by atoms with E-state index in [9.17, 15) is 0 Å². The first-order chi connectivity index (χ1) is 27.8. The monoisotopic (exact) mass is 749 g/mol. The Morgan fingerprint density at radius 3 is 1.66 bits per heavy atom. The van der Waals surface area contributed by atoms with Crippen LogP contribution < -0.4 is 4.90 Å². The van der Waals surface area contributed by atoms with E-state index in [4.69, 9.17) is 4.42 Å². The van der Waals surface area contributed by atoms with Gasteiger partial charge in [-0.25, -0.2) is 0 Å². The summed E-state index contributed by atoms with van der Waals surface area (Å²) in [7, 11) is 0. The third-order valence-electron chi connectivity index (χ3n) is 11.3. The summed E-state index contributed by atoms with van der Waals surface area (Å²) in [5.41, 5.74) is 10.0. The predicted octanol–water partition coefficient (Wildman–Crippen LogP) is 16.3. The van der Waals surface area contributed by atoms with Crippen LogP contribution in [0.3, 0.4) is 0 Å². The molecule has 0 bridgehead atoms. The van der Waals surface area contributed by atoms with Gasteiger partial charge in [-0.05, 0) is 82.2 Å². The molecule has 56 heavy (non-hydrogen) atoms. The largest absolute Gasteiger partial charge is 0.455 e. The van der Waals surface area contributed by atoms with Crippen molar-refractivity contribution in [2.24, 2.45) is 0 Å². The van der Waals surface area contributed by atoms with Crippen LogP contribution in [0.15, 0.2) is 192 Å². The van der Waals surface area contributed by atoms with Crippen molar-refractivity contribution in [2.75, 3.05) is 4.90 Å². The number of anilines is 3. The zero-order valence-corrected chi connectivity index (χ0v) is 31.7. The number of nitrogens with zero attached hydrogens (tertiary/aromatic N) is 1. The fraction of sp³-hybridized carbons (Fsp3) is 0. The molecule has 0 unspecified atom stereocenters. The smallest absolute Gasteiger partial charge is 0.143 e. The van der Waals surface area contributed by atoms with Gasteiger partial charge in [-0.3, -0.25) is 0 Å². The van der Waals surface area contributed by atoms with Gasteiger partial charge in [0.1, 0.15) is 11.2 Å². The number of hydrogen-bond donors (Lipinski definition) is 0. The maximum absolute atomic E-state index is 6.55. The van der Waals surface area contributed by atoms with Gasteiger partial charge in [-0.2, -0.15) is 0 Å². The average molecular weight is 750 g/mol. The lowest BCUT2D eigenvalue weighted by Gasteiger charge is -2.26. The fourth-order valence-electron chi connectivity index (χ4n) is 8.68. The second-order valence-electron chi connectivity index (χ2n) is 14.4.